The Kier molecular flexibility index (Phi) is 9.05. The van der Waals surface area contributed by atoms with E-state index in [0.29, 0.717) is 10.6 Å². The molecule has 0 aromatic heterocycles. The van der Waals surface area contributed by atoms with Crippen molar-refractivity contribution in [3.8, 4) is 0 Å². The number of aliphatic hydroxyl groups is 2. The maximum absolute atomic E-state index is 14.7. The second-order valence-corrected chi connectivity index (χ2v) is 11.5. The van der Waals surface area contributed by atoms with Gasteiger partial charge in [0.15, 0.2) is 0 Å². The lowest BCUT2D eigenvalue weighted by molar-refractivity contribution is -0.0253. The second-order valence-electron chi connectivity index (χ2n) is 8.56. The van der Waals surface area contributed by atoms with Crippen LogP contribution in [0, 0.1) is 5.92 Å². The maximum atomic E-state index is 14.7. The molecule has 6 nitrogen and oxygen atoms in total. The van der Waals surface area contributed by atoms with E-state index in [-0.39, 0.29) is 12.5 Å². The van der Waals surface area contributed by atoms with Gasteiger partial charge in [0, 0.05) is 17.2 Å². The number of ether oxygens (including phenoxy) is 1. The molecule has 3 rings (SSSR count). The zero-order valence-corrected chi connectivity index (χ0v) is 20.3. The van der Waals surface area contributed by atoms with Crippen molar-refractivity contribution in [1.82, 2.24) is 5.32 Å². The third-order valence-electron chi connectivity index (χ3n) is 5.79. The van der Waals surface area contributed by atoms with Crippen LogP contribution >= 0.6 is 7.14 Å². The Hall–Kier alpha value is -2.92. The number of benzene rings is 3. The van der Waals surface area contributed by atoms with Gasteiger partial charge >= 0.3 is 6.09 Å². The Morgan fingerprint density at radius 3 is 1.79 bits per heavy atom. The molecule has 180 valence electrons. The summed E-state index contributed by atoms with van der Waals surface area (Å²) in [5.41, 5.74) is 0.120. The highest BCUT2D eigenvalue weighted by Gasteiger charge is 2.45. The number of carbonyl (C=O) groups excluding carboxylic acids is 1. The molecule has 3 aromatic carbocycles. The van der Waals surface area contributed by atoms with Gasteiger partial charge in [-0.3, -0.25) is 0 Å². The normalized spacial score (nSPS) is 14.3. The van der Waals surface area contributed by atoms with Gasteiger partial charge in [-0.25, -0.2) is 4.79 Å². The van der Waals surface area contributed by atoms with Crippen molar-refractivity contribution < 1.29 is 24.3 Å². The molecule has 0 aliphatic heterocycles. The van der Waals surface area contributed by atoms with Gasteiger partial charge in [-0.2, -0.15) is 0 Å². The Morgan fingerprint density at radius 1 is 0.853 bits per heavy atom. The molecule has 0 saturated carbocycles. The van der Waals surface area contributed by atoms with E-state index in [1.165, 1.54) is 0 Å². The van der Waals surface area contributed by atoms with Crippen molar-refractivity contribution >= 4 is 23.8 Å². The average molecular weight is 482 g/mol. The minimum absolute atomic E-state index is 0.234. The molecule has 0 aliphatic carbocycles. The summed E-state index contributed by atoms with van der Waals surface area (Å²) in [5, 5.41) is 25.8. The zero-order chi connectivity index (χ0) is 24.6. The molecule has 34 heavy (non-hydrogen) atoms. The predicted octanol–water partition coefficient (Wildman–Crippen LogP) is 3.67. The summed E-state index contributed by atoms with van der Waals surface area (Å²) in [6.07, 6.45) is -3.49. The van der Waals surface area contributed by atoms with Crippen LogP contribution in [-0.2, 0) is 15.8 Å². The van der Waals surface area contributed by atoms with Crippen molar-refractivity contribution in [1.29, 1.82) is 0 Å². The molecule has 3 N–H and O–H groups in total. The van der Waals surface area contributed by atoms with E-state index in [1.807, 2.05) is 80.6 Å². The quantitative estimate of drug-likeness (QED) is 0.384. The summed E-state index contributed by atoms with van der Waals surface area (Å²) in [5.74, 6) is -0.234. The van der Waals surface area contributed by atoms with E-state index in [9.17, 15) is 19.6 Å². The van der Waals surface area contributed by atoms with Gasteiger partial charge < -0.3 is 24.8 Å². The number of carbonyl (C=O) groups is 1. The van der Waals surface area contributed by atoms with Gasteiger partial charge in [0.25, 0.3) is 0 Å². The van der Waals surface area contributed by atoms with Crippen molar-refractivity contribution in [2.24, 2.45) is 5.92 Å². The molecule has 0 fully saturated rings. The monoisotopic (exact) mass is 481 g/mol. The van der Waals surface area contributed by atoms with E-state index in [0.717, 1.165) is 5.56 Å². The second kappa shape index (κ2) is 12.0. The number of aliphatic hydroxyl groups excluding tert-OH is 2. The van der Waals surface area contributed by atoms with Crippen LogP contribution in [0.2, 0.25) is 0 Å². The summed E-state index contributed by atoms with van der Waals surface area (Å²) in [7, 11) is -3.37. The van der Waals surface area contributed by atoms with Gasteiger partial charge in [0.05, 0.1) is 11.8 Å². The summed E-state index contributed by atoms with van der Waals surface area (Å²) in [6.45, 7) is 3.60. The van der Waals surface area contributed by atoms with Gasteiger partial charge in [0.2, 0.25) is 0 Å². The van der Waals surface area contributed by atoms with Crippen molar-refractivity contribution in [2.75, 3.05) is 6.61 Å². The lowest BCUT2D eigenvalue weighted by Crippen LogP contribution is -2.46. The van der Waals surface area contributed by atoms with E-state index < -0.39 is 37.7 Å². The summed E-state index contributed by atoms with van der Waals surface area (Å²) < 4.78 is 19.9. The molecule has 1 amide bonds. The molecule has 0 radical (unpaired) electrons. The van der Waals surface area contributed by atoms with Gasteiger partial charge in [0.1, 0.15) is 19.9 Å². The topological polar surface area (TPSA) is 95.9 Å². The lowest BCUT2D eigenvalue weighted by Gasteiger charge is -2.36. The Bertz CT molecular complexity index is 1030. The third-order valence-corrected chi connectivity index (χ3v) is 9.66. The molecule has 0 bridgehead atoms. The molecule has 7 heteroatoms. The van der Waals surface area contributed by atoms with Crippen LogP contribution in [-0.4, -0.2) is 40.8 Å². The maximum Gasteiger partial charge on any atom is 0.407 e. The van der Waals surface area contributed by atoms with E-state index in [1.54, 1.807) is 24.3 Å². The number of alkyl carbamates (subject to hydrolysis) is 1. The Balaban J connectivity index is 1.76. The smallest absolute Gasteiger partial charge is 0.407 e. The van der Waals surface area contributed by atoms with Gasteiger partial charge in [-0.05, 0) is 11.5 Å². The first-order chi connectivity index (χ1) is 16.3. The summed E-state index contributed by atoms with van der Waals surface area (Å²) in [4.78, 5) is 12.1. The number of rotatable bonds is 10. The van der Waals surface area contributed by atoms with Crippen LogP contribution in [0.25, 0.3) is 0 Å². The van der Waals surface area contributed by atoms with Crippen LogP contribution in [0.5, 0.6) is 0 Å². The Morgan fingerprint density at radius 2 is 1.32 bits per heavy atom. The van der Waals surface area contributed by atoms with Crippen LogP contribution in [0.15, 0.2) is 91.0 Å². The highest BCUT2D eigenvalue weighted by Crippen LogP contribution is 2.53. The molecule has 0 saturated heterocycles. The highest BCUT2D eigenvalue weighted by molar-refractivity contribution is 7.79. The van der Waals surface area contributed by atoms with Crippen LogP contribution in [0.3, 0.4) is 0 Å². The fourth-order valence-electron chi connectivity index (χ4n) is 4.13. The van der Waals surface area contributed by atoms with E-state index >= 15 is 0 Å². The number of hydrogen-bond donors (Lipinski definition) is 3. The minimum atomic E-state index is -3.37. The van der Waals surface area contributed by atoms with Crippen LogP contribution in [0.4, 0.5) is 4.79 Å². The summed E-state index contributed by atoms with van der Waals surface area (Å²) >= 11 is 0. The number of hydrogen-bond acceptors (Lipinski definition) is 5. The Labute approximate surface area is 201 Å². The molecule has 0 aliphatic rings. The molecular formula is C27H32NO5P. The molecule has 3 atom stereocenters. The first kappa shape index (κ1) is 25.7. The zero-order valence-electron chi connectivity index (χ0n) is 19.5. The van der Waals surface area contributed by atoms with E-state index in [4.69, 9.17) is 4.74 Å². The van der Waals surface area contributed by atoms with Crippen molar-refractivity contribution in [3.05, 3.63) is 96.6 Å². The highest BCUT2D eigenvalue weighted by atomic mass is 31.2. The van der Waals surface area contributed by atoms with Gasteiger partial charge in [-0.1, -0.05) is 105 Å². The van der Waals surface area contributed by atoms with Crippen molar-refractivity contribution in [3.63, 3.8) is 0 Å². The van der Waals surface area contributed by atoms with E-state index in [2.05, 4.69) is 5.32 Å². The minimum Gasteiger partial charge on any atom is -0.447 e. The molecule has 0 unspecified atom stereocenters. The molecule has 0 spiro atoms. The summed E-state index contributed by atoms with van der Waals surface area (Å²) in [6, 6.07) is 27.4. The number of amides is 1. The first-order valence-electron chi connectivity index (χ1n) is 11.4. The van der Waals surface area contributed by atoms with Crippen molar-refractivity contribution in [2.45, 2.75) is 38.3 Å². The SMILES string of the molecule is CC(C)[C@H]([C@H](O)[C@H](O)COC(=O)NCc1ccccc1)P(=O)(c1ccccc1)c1ccccc1. The largest absolute Gasteiger partial charge is 0.447 e. The molecule has 0 heterocycles. The fourth-order valence-corrected chi connectivity index (χ4v) is 7.82. The third kappa shape index (κ3) is 6.15. The fraction of sp³-hybridized carbons (Fsp3) is 0.296. The lowest BCUT2D eigenvalue weighted by atomic mass is 10.0. The standard InChI is InChI=1S/C27H32NO5P/c1-20(2)26(34(32,22-14-8-4-9-15-22)23-16-10-5-11-17-23)25(30)24(29)19-33-27(31)28-18-21-12-6-3-7-13-21/h3-17,20,24-26,29-30H,18-19H2,1-2H3,(H,28,31)/t24-,25-,26-/m1/s1. The predicted molar refractivity (Wildman–Crippen MR) is 135 cm³/mol. The van der Waals surface area contributed by atoms with Crippen LogP contribution in [0.1, 0.15) is 19.4 Å². The average Bonchev–Trinajstić information content (AvgIpc) is 2.87. The van der Waals surface area contributed by atoms with Gasteiger partial charge in [-0.15, -0.1) is 0 Å². The van der Waals surface area contributed by atoms with Crippen LogP contribution < -0.4 is 15.9 Å². The molecular weight excluding hydrogens is 449 g/mol. The molecule has 3 aromatic rings. The number of nitrogens with one attached hydrogen (secondary N) is 1. The first-order valence-corrected chi connectivity index (χ1v) is 13.1.